The van der Waals surface area contributed by atoms with Crippen LogP contribution in [0.15, 0.2) is 0 Å². The molecule has 1 rings (SSSR count). The van der Waals surface area contributed by atoms with Crippen LogP contribution in [0.2, 0.25) is 0 Å². The average Bonchev–Trinajstić information content (AvgIpc) is 2.49. The number of rotatable bonds is 4. The highest BCUT2D eigenvalue weighted by atomic mass is 31.1. The van der Waals surface area contributed by atoms with Gasteiger partial charge in [-0.15, -0.1) is 8.58 Å². The predicted octanol–water partition coefficient (Wildman–Crippen LogP) is 4.68. The number of hydrogen-bond acceptors (Lipinski definition) is 0. The summed E-state index contributed by atoms with van der Waals surface area (Å²) in [7, 11) is 1.25. The van der Waals surface area contributed by atoms with Crippen LogP contribution in [0, 0.1) is 11.3 Å². The first-order valence-corrected chi connectivity index (χ1v) is 7.49. The van der Waals surface area contributed by atoms with Gasteiger partial charge in [0.05, 0.1) is 0 Å². The van der Waals surface area contributed by atoms with Crippen molar-refractivity contribution in [2.45, 2.75) is 65.5 Å². The zero-order valence-electron chi connectivity index (χ0n) is 10.4. The Morgan fingerprint density at radius 1 is 1.21 bits per heavy atom. The van der Waals surface area contributed by atoms with Gasteiger partial charge in [-0.3, -0.25) is 0 Å². The van der Waals surface area contributed by atoms with Crippen molar-refractivity contribution in [2.75, 3.05) is 6.16 Å². The summed E-state index contributed by atoms with van der Waals surface area (Å²) in [6.07, 6.45) is 8.95. The zero-order valence-corrected chi connectivity index (χ0v) is 11.4. The van der Waals surface area contributed by atoms with Crippen molar-refractivity contribution in [3.63, 3.8) is 0 Å². The molecule has 1 aliphatic rings. The second-order valence-electron chi connectivity index (χ2n) is 6.26. The van der Waals surface area contributed by atoms with E-state index in [2.05, 4.69) is 27.7 Å². The smallest absolute Gasteiger partial charge is 0.0237 e. The van der Waals surface area contributed by atoms with E-state index in [0.29, 0.717) is 5.41 Å². The quantitative estimate of drug-likeness (QED) is 0.596. The Hall–Kier alpha value is 0.430. The molecule has 0 heterocycles. The second-order valence-corrected chi connectivity index (χ2v) is 7.89. The maximum Gasteiger partial charge on any atom is -0.0237 e. The summed E-state index contributed by atoms with van der Waals surface area (Å²) in [5.74, 6) is 0.939. The molecule has 0 aromatic rings. The first kappa shape index (κ1) is 12.5. The molecule has 0 saturated heterocycles. The second kappa shape index (κ2) is 5.50. The van der Waals surface area contributed by atoms with Crippen molar-refractivity contribution in [3.05, 3.63) is 0 Å². The molecule has 1 fully saturated rings. The molecule has 2 unspecified atom stereocenters. The third-order valence-electron chi connectivity index (χ3n) is 3.07. The molecule has 0 radical (unpaired) electrons. The van der Waals surface area contributed by atoms with Crippen molar-refractivity contribution < 1.29 is 0 Å². The zero-order chi connectivity index (χ0) is 10.6. The highest BCUT2D eigenvalue weighted by Gasteiger charge is 2.18. The maximum absolute atomic E-state index is 2.44. The summed E-state index contributed by atoms with van der Waals surface area (Å²) < 4.78 is 0. The van der Waals surface area contributed by atoms with E-state index < -0.39 is 0 Å². The van der Waals surface area contributed by atoms with Gasteiger partial charge in [-0.1, -0.05) is 40.5 Å². The molecule has 1 heteroatoms. The molecule has 0 aliphatic heterocycles. The summed E-state index contributed by atoms with van der Waals surface area (Å²) >= 11 is 0. The largest absolute Gasteiger partial charge is 0.119 e. The van der Waals surface area contributed by atoms with Gasteiger partial charge < -0.3 is 0 Å². The molecule has 0 amide bonds. The van der Waals surface area contributed by atoms with Crippen LogP contribution in [0.1, 0.15) is 59.8 Å². The van der Waals surface area contributed by atoms with Crippen LogP contribution in [0.4, 0.5) is 0 Å². The Morgan fingerprint density at radius 3 is 2.29 bits per heavy atom. The van der Waals surface area contributed by atoms with Gasteiger partial charge in [0.2, 0.25) is 0 Å². The Labute approximate surface area is 92.0 Å². The lowest BCUT2D eigenvalue weighted by atomic mass is 9.86. The molecule has 0 N–H and O–H groups in total. The van der Waals surface area contributed by atoms with Crippen molar-refractivity contribution in [1.82, 2.24) is 0 Å². The lowest BCUT2D eigenvalue weighted by Crippen LogP contribution is -2.13. The predicted molar refractivity (Wildman–Crippen MR) is 68.7 cm³/mol. The van der Waals surface area contributed by atoms with Crippen LogP contribution in [0.3, 0.4) is 0 Å². The summed E-state index contributed by atoms with van der Waals surface area (Å²) in [5.41, 5.74) is 1.64. The summed E-state index contributed by atoms with van der Waals surface area (Å²) in [5, 5.41) is 0. The summed E-state index contributed by atoms with van der Waals surface area (Å²) in [6.45, 7) is 9.53. The molecular formula is C13H27P. The monoisotopic (exact) mass is 214 g/mol. The van der Waals surface area contributed by atoms with E-state index >= 15 is 0 Å². The average molecular weight is 214 g/mol. The Morgan fingerprint density at radius 2 is 1.79 bits per heavy atom. The molecular weight excluding hydrogens is 187 g/mol. The van der Waals surface area contributed by atoms with Crippen molar-refractivity contribution in [1.29, 1.82) is 0 Å². The highest BCUT2D eigenvalue weighted by Crippen LogP contribution is 2.37. The molecule has 0 aromatic carbocycles. The van der Waals surface area contributed by atoms with Gasteiger partial charge in [-0.2, -0.15) is 0 Å². The van der Waals surface area contributed by atoms with Crippen LogP contribution in [0.25, 0.3) is 0 Å². The van der Waals surface area contributed by atoms with Gasteiger partial charge in [0.15, 0.2) is 0 Å². The van der Waals surface area contributed by atoms with E-state index in [4.69, 9.17) is 0 Å². The lowest BCUT2D eigenvalue weighted by molar-refractivity contribution is 0.323. The van der Waals surface area contributed by atoms with Gasteiger partial charge in [0.1, 0.15) is 0 Å². The highest BCUT2D eigenvalue weighted by molar-refractivity contribution is 7.38. The van der Waals surface area contributed by atoms with Crippen LogP contribution in [0.5, 0.6) is 0 Å². The van der Waals surface area contributed by atoms with Crippen molar-refractivity contribution >= 4 is 8.58 Å². The Balaban J connectivity index is 2.11. The van der Waals surface area contributed by atoms with E-state index in [-0.39, 0.29) is 0 Å². The molecule has 0 nitrogen and oxygen atoms in total. The van der Waals surface area contributed by atoms with Crippen LogP contribution >= 0.6 is 8.58 Å². The topological polar surface area (TPSA) is 0 Å². The fourth-order valence-corrected chi connectivity index (χ4v) is 4.31. The van der Waals surface area contributed by atoms with E-state index in [1.165, 1.54) is 46.8 Å². The Kier molecular flexibility index (Phi) is 4.91. The minimum atomic E-state index is 0.527. The SMILES string of the molecule is CC(CPC1CCCC1)CC(C)(C)C. The maximum atomic E-state index is 2.44. The standard InChI is InChI=1S/C13H27P/c1-11(9-13(2,3)4)10-14-12-7-5-6-8-12/h11-12,14H,5-10H2,1-4H3. The van der Waals surface area contributed by atoms with Crippen LogP contribution < -0.4 is 0 Å². The minimum absolute atomic E-state index is 0.527. The summed E-state index contributed by atoms with van der Waals surface area (Å²) in [6, 6.07) is 0. The third kappa shape index (κ3) is 5.35. The number of hydrogen-bond donors (Lipinski definition) is 0. The molecule has 2 atom stereocenters. The first-order chi connectivity index (χ1) is 6.47. The molecule has 0 bridgehead atoms. The summed E-state index contributed by atoms with van der Waals surface area (Å²) in [4.78, 5) is 0. The molecule has 1 saturated carbocycles. The minimum Gasteiger partial charge on any atom is -0.119 e. The third-order valence-corrected chi connectivity index (χ3v) is 5.16. The fraction of sp³-hybridized carbons (Fsp3) is 1.00. The van der Waals surface area contributed by atoms with Crippen molar-refractivity contribution in [2.24, 2.45) is 11.3 Å². The van der Waals surface area contributed by atoms with Crippen LogP contribution in [-0.2, 0) is 0 Å². The normalized spacial score (nSPS) is 22.3. The molecule has 14 heavy (non-hydrogen) atoms. The van der Waals surface area contributed by atoms with Crippen molar-refractivity contribution in [3.8, 4) is 0 Å². The van der Waals surface area contributed by atoms with Gasteiger partial charge in [0, 0.05) is 0 Å². The van der Waals surface area contributed by atoms with E-state index in [1.807, 2.05) is 0 Å². The molecule has 1 aliphatic carbocycles. The Bertz CT molecular complexity index is 151. The van der Waals surface area contributed by atoms with E-state index in [9.17, 15) is 0 Å². The van der Waals surface area contributed by atoms with E-state index in [0.717, 1.165) is 11.6 Å². The lowest BCUT2D eigenvalue weighted by Gasteiger charge is -2.24. The fourth-order valence-electron chi connectivity index (χ4n) is 2.62. The molecule has 84 valence electrons. The van der Waals surface area contributed by atoms with Gasteiger partial charge in [-0.25, -0.2) is 0 Å². The van der Waals surface area contributed by atoms with Gasteiger partial charge in [0.25, 0.3) is 0 Å². The molecule has 0 spiro atoms. The van der Waals surface area contributed by atoms with Gasteiger partial charge in [-0.05, 0) is 42.4 Å². The molecule has 0 aromatic heterocycles. The van der Waals surface area contributed by atoms with Gasteiger partial charge >= 0.3 is 0 Å². The first-order valence-electron chi connectivity index (χ1n) is 6.21. The van der Waals surface area contributed by atoms with E-state index in [1.54, 1.807) is 0 Å². The van der Waals surface area contributed by atoms with Crippen LogP contribution in [-0.4, -0.2) is 11.8 Å².